The number of amides is 1. The van der Waals surface area contributed by atoms with E-state index in [0.29, 0.717) is 20.5 Å². The summed E-state index contributed by atoms with van der Waals surface area (Å²) in [7, 11) is -2.61. The van der Waals surface area contributed by atoms with Gasteiger partial charge in [-0.3, -0.25) is 9.00 Å². The molecule has 7 heteroatoms. The lowest BCUT2D eigenvalue weighted by Crippen LogP contribution is -2.18. The zero-order valence-electron chi connectivity index (χ0n) is 14.8. The molecule has 1 atom stereocenters. The molecular formula is C21H17ClN2O2S2. The minimum absolute atomic E-state index is 0.183. The third-order valence-corrected chi connectivity index (χ3v) is 7.70. The summed E-state index contributed by atoms with van der Waals surface area (Å²) in [5.41, 5.74) is 2.37. The molecule has 1 unspecified atom stereocenters. The number of carbonyl (C=O) groups excluding carboxylic acids is 1. The predicted molar refractivity (Wildman–Crippen MR) is 118 cm³/mol. The SMILES string of the molecule is C=S(=O)(Cc1ccccc1Cl)c1ccc2c(c1)NC(=O)/C(=C/c1cc[nH]c1)S2. The summed E-state index contributed by atoms with van der Waals surface area (Å²) < 4.78 is 13.2. The molecule has 0 bridgehead atoms. The zero-order valence-corrected chi connectivity index (χ0v) is 17.2. The maximum absolute atomic E-state index is 13.2. The first-order valence-corrected chi connectivity index (χ1v) is 11.6. The van der Waals surface area contributed by atoms with E-state index in [1.165, 1.54) is 11.8 Å². The van der Waals surface area contributed by atoms with Crippen molar-refractivity contribution >= 4 is 56.4 Å². The van der Waals surface area contributed by atoms with E-state index in [1.807, 2.05) is 54.9 Å². The average Bonchev–Trinajstić information content (AvgIpc) is 3.17. The number of halogens is 1. The number of nitrogens with one attached hydrogen (secondary N) is 2. The van der Waals surface area contributed by atoms with Crippen molar-refractivity contribution in [3.8, 4) is 0 Å². The van der Waals surface area contributed by atoms with E-state index in [-0.39, 0.29) is 11.7 Å². The molecule has 28 heavy (non-hydrogen) atoms. The fourth-order valence-corrected chi connectivity index (χ4v) is 5.68. The molecule has 0 fully saturated rings. The van der Waals surface area contributed by atoms with E-state index in [4.69, 9.17) is 11.6 Å². The smallest absolute Gasteiger partial charge is 0.262 e. The second-order valence-electron chi connectivity index (χ2n) is 6.41. The first kappa shape index (κ1) is 18.9. The Morgan fingerprint density at radius 2 is 2.00 bits per heavy atom. The Kier molecular flexibility index (Phi) is 5.10. The number of thioether (sulfide) groups is 1. The van der Waals surface area contributed by atoms with Crippen LogP contribution in [0.2, 0.25) is 5.02 Å². The average molecular weight is 429 g/mol. The Morgan fingerprint density at radius 1 is 1.18 bits per heavy atom. The molecule has 4 nitrogen and oxygen atoms in total. The fourth-order valence-electron chi connectivity index (χ4n) is 2.90. The molecule has 1 aromatic heterocycles. The van der Waals surface area contributed by atoms with Gasteiger partial charge < -0.3 is 10.3 Å². The number of hydrogen-bond acceptors (Lipinski definition) is 3. The second kappa shape index (κ2) is 7.54. The molecule has 4 rings (SSSR count). The lowest BCUT2D eigenvalue weighted by Gasteiger charge is -2.20. The third-order valence-electron chi connectivity index (χ3n) is 4.34. The minimum atomic E-state index is -2.61. The van der Waals surface area contributed by atoms with Gasteiger partial charge in [0, 0.05) is 42.5 Å². The molecule has 1 aliphatic rings. The van der Waals surface area contributed by atoms with Crippen molar-refractivity contribution in [2.75, 3.05) is 5.32 Å². The highest BCUT2D eigenvalue weighted by Gasteiger charge is 2.23. The van der Waals surface area contributed by atoms with Crippen molar-refractivity contribution in [3.05, 3.63) is 82.0 Å². The van der Waals surface area contributed by atoms with Gasteiger partial charge in [0.25, 0.3) is 5.91 Å². The number of fused-ring (bicyclic) bond motifs is 1. The minimum Gasteiger partial charge on any atom is -0.367 e. The molecule has 2 aromatic carbocycles. The van der Waals surface area contributed by atoms with Crippen LogP contribution in [0.25, 0.3) is 6.08 Å². The number of aromatic amines is 1. The van der Waals surface area contributed by atoms with Crippen LogP contribution in [0, 0.1) is 0 Å². The molecule has 0 spiro atoms. The van der Waals surface area contributed by atoms with Crippen LogP contribution in [0.1, 0.15) is 11.1 Å². The predicted octanol–water partition coefficient (Wildman–Crippen LogP) is 5.03. The summed E-state index contributed by atoms with van der Waals surface area (Å²) in [6.45, 7) is 0. The van der Waals surface area contributed by atoms with Crippen molar-refractivity contribution in [2.45, 2.75) is 15.5 Å². The lowest BCUT2D eigenvalue weighted by atomic mass is 10.2. The summed E-state index contributed by atoms with van der Waals surface area (Å²) in [6.07, 6.45) is 5.46. The van der Waals surface area contributed by atoms with E-state index in [2.05, 4.69) is 16.2 Å². The highest BCUT2D eigenvalue weighted by Crippen LogP contribution is 2.40. The molecule has 1 aliphatic heterocycles. The Labute approximate surface area is 173 Å². The zero-order chi connectivity index (χ0) is 19.7. The molecule has 3 aromatic rings. The van der Waals surface area contributed by atoms with Gasteiger partial charge in [0.15, 0.2) is 0 Å². The first-order chi connectivity index (χ1) is 13.4. The monoisotopic (exact) mass is 428 g/mol. The van der Waals surface area contributed by atoms with Gasteiger partial charge in [-0.25, -0.2) is 0 Å². The number of carbonyl (C=O) groups is 1. The molecule has 2 heterocycles. The second-order valence-corrected chi connectivity index (χ2v) is 10.3. The van der Waals surface area contributed by atoms with Crippen LogP contribution in [0.4, 0.5) is 5.69 Å². The molecule has 142 valence electrons. The largest absolute Gasteiger partial charge is 0.367 e. The number of benzene rings is 2. The van der Waals surface area contributed by atoms with Gasteiger partial charge in [-0.2, -0.15) is 0 Å². The van der Waals surface area contributed by atoms with Gasteiger partial charge >= 0.3 is 0 Å². The van der Waals surface area contributed by atoms with Crippen LogP contribution in [-0.4, -0.2) is 21.0 Å². The lowest BCUT2D eigenvalue weighted by molar-refractivity contribution is -0.112. The maximum Gasteiger partial charge on any atom is 0.262 e. The standard InChI is InChI=1S/C21H17ClN2O2S2/c1-28(26,13-15-4-2-3-5-17(15)22)16-6-7-19-18(11-16)24-21(25)20(27-19)10-14-8-9-23-12-14/h2-12,23H,1,13H2,(H,24,25)/b20-10-. The quantitative estimate of drug-likeness (QED) is 0.452. The number of anilines is 1. The fraction of sp³-hybridized carbons (Fsp3) is 0.0476. The van der Waals surface area contributed by atoms with Gasteiger partial charge in [0.2, 0.25) is 0 Å². The van der Waals surface area contributed by atoms with Gasteiger partial charge in [0.1, 0.15) is 0 Å². The molecule has 0 saturated heterocycles. The Balaban J connectivity index is 1.62. The molecule has 0 saturated carbocycles. The number of rotatable bonds is 4. The Morgan fingerprint density at radius 3 is 2.75 bits per heavy atom. The maximum atomic E-state index is 13.2. The van der Waals surface area contributed by atoms with Gasteiger partial charge in [-0.15, -0.1) is 0 Å². The van der Waals surface area contributed by atoms with E-state index in [1.54, 1.807) is 12.1 Å². The van der Waals surface area contributed by atoms with Crippen molar-refractivity contribution in [3.63, 3.8) is 0 Å². The number of aromatic nitrogens is 1. The molecule has 0 radical (unpaired) electrons. The van der Waals surface area contributed by atoms with Crippen LogP contribution < -0.4 is 5.32 Å². The number of hydrogen-bond donors (Lipinski definition) is 2. The summed E-state index contributed by atoms with van der Waals surface area (Å²) >= 11 is 7.59. The van der Waals surface area contributed by atoms with Gasteiger partial charge in [-0.1, -0.05) is 41.6 Å². The summed E-state index contributed by atoms with van der Waals surface area (Å²) in [5.74, 6) is 4.00. The summed E-state index contributed by atoms with van der Waals surface area (Å²) in [5, 5.41) is 3.46. The highest BCUT2D eigenvalue weighted by molar-refractivity contribution is 8.04. The summed E-state index contributed by atoms with van der Waals surface area (Å²) in [4.78, 5) is 17.5. The van der Waals surface area contributed by atoms with Crippen molar-refractivity contribution in [2.24, 2.45) is 0 Å². The molecular weight excluding hydrogens is 412 g/mol. The Bertz CT molecular complexity index is 1180. The van der Waals surface area contributed by atoms with E-state index in [0.717, 1.165) is 16.0 Å². The van der Waals surface area contributed by atoms with Crippen molar-refractivity contribution in [1.29, 1.82) is 0 Å². The number of H-pyrrole nitrogens is 1. The highest BCUT2D eigenvalue weighted by atomic mass is 35.5. The van der Waals surface area contributed by atoms with E-state index < -0.39 is 9.52 Å². The van der Waals surface area contributed by atoms with E-state index in [9.17, 15) is 9.00 Å². The van der Waals surface area contributed by atoms with E-state index >= 15 is 0 Å². The van der Waals surface area contributed by atoms with Gasteiger partial charge in [-0.05, 0) is 53.4 Å². The Hall–Kier alpha value is -2.41. The molecule has 2 N–H and O–H groups in total. The molecule has 0 aliphatic carbocycles. The van der Waals surface area contributed by atoms with Gasteiger partial charge in [0.05, 0.1) is 10.6 Å². The van der Waals surface area contributed by atoms with Crippen molar-refractivity contribution < 1.29 is 9.00 Å². The topological polar surface area (TPSA) is 62.0 Å². The van der Waals surface area contributed by atoms with Crippen molar-refractivity contribution in [1.82, 2.24) is 4.98 Å². The van der Waals surface area contributed by atoms with Crippen LogP contribution in [-0.2, 0) is 20.1 Å². The summed E-state index contributed by atoms with van der Waals surface area (Å²) in [6, 6.07) is 14.6. The third kappa shape index (κ3) is 3.90. The normalized spacial score (nSPS) is 17.0. The van der Waals surface area contributed by atoms with Crippen LogP contribution in [0.15, 0.2) is 75.6 Å². The van der Waals surface area contributed by atoms with Crippen LogP contribution in [0.5, 0.6) is 0 Å². The molecule has 1 amide bonds. The van der Waals surface area contributed by atoms with Crippen LogP contribution >= 0.6 is 23.4 Å². The van der Waals surface area contributed by atoms with Crippen LogP contribution in [0.3, 0.4) is 0 Å². The first-order valence-electron chi connectivity index (χ1n) is 8.48.